The van der Waals surface area contributed by atoms with Crippen LogP contribution in [0.4, 0.5) is 0 Å². The summed E-state index contributed by atoms with van der Waals surface area (Å²) < 4.78 is 30.2. The number of benzene rings is 1. The van der Waals surface area contributed by atoms with Crippen molar-refractivity contribution in [2.75, 3.05) is 20.8 Å². The first-order chi connectivity index (χ1) is 9.63. The van der Waals surface area contributed by atoms with Crippen molar-refractivity contribution in [3.05, 3.63) is 23.3 Å². The van der Waals surface area contributed by atoms with Crippen LogP contribution in [-0.4, -0.2) is 35.4 Å². The van der Waals surface area contributed by atoms with E-state index in [1.165, 1.54) is 11.1 Å². The largest absolute Gasteiger partial charge is 0.493 e. The zero-order valence-corrected chi connectivity index (χ0v) is 12.7. The molecule has 2 heterocycles. The third kappa shape index (κ3) is 2.21. The molecule has 0 saturated carbocycles. The molecule has 0 aromatic heterocycles. The first kappa shape index (κ1) is 13.9. The van der Waals surface area contributed by atoms with Gasteiger partial charge in [-0.1, -0.05) is 0 Å². The number of fused-ring (bicyclic) bond motifs is 3. The van der Waals surface area contributed by atoms with Gasteiger partial charge in [-0.25, -0.2) is 4.21 Å². The molecule has 1 fully saturated rings. The molecule has 6 heteroatoms. The monoisotopic (exact) mass is 297 g/mol. The lowest BCUT2D eigenvalue weighted by Crippen LogP contribution is -2.44. The normalized spacial score (nSPS) is 29.4. The Kier molecular flexibility index (Phi) is 3.70. The third-order valence-corrected chi connectivity index (χ3v) is 5.26. The van der Waals surface area contributed by atoms with Gasteiger partial charge in [0.05, 0.1) is 26.4 Å². The highest BCUT2D eigenvalue weighted by molar-refractivity contribution is 7.77. The molecule has 0 amide bonds. The summed E-state index contributed by atoms with van der Waals surface area (Å²) in [5.74, 6) is 1.47. The smallest absolute Gasteiger partial charge is 0.238 e. The average Bonchev–Trinajstić information content (AvgIpc) is 2.45. The Hall–Kier alpha value is -1.11. The lowest BCUT2D eigenvalue weighted by Gasteiger charge is -2.40. The maximum absolute atomic E-state index is 12.1. The minimum absolute atomic E-state index is 0.00358. The summed E-state index contributed by atoms with van der Waals surface area (Å²) >= 11 is -1.35. The molecule has 0 bridgehead atoms. The van der Waals surface area contributed by atoms with Crippen LogP contribution in [0.3, 0.4) is 0 Å². The molecule has 2 aliphatic heterocycles. The SMILES string of the molecule is COc1cc2c(cc1OC)[C@H]1C[C@@H](C)OS(=O)N1CC2. The molecule has 1 unspecified atom stereocenters. The first-order valence-electron chi connectivity index (χ1n) is 6.74. The summed E-state index contributed by atoms with van der Waals surface area (Å²) in [5, 5.41) is 0. The maximum Gasteiger partial charge on any atom is 0.238 e. The quantitative estimate of drug-likeness (QED) is 0.837. The Balaban J connectivity index is 2.04. The standard InChI is InChI=1S/C14H19NO4S/c1-9-6-12-11-8-14(18-3)13(17-2)7-10(11)4-5-15(12)20(16)19-9/h7-9,12H,4-6H2,1-3H3/t9-,12-,20?/m1/s1. The molecule has 110 valence electrons. The Labute approximate surface area is 121 Å². The van der Waals surface area contributed by atoms with E-state index in [1.807, 2.05) is 23.4 Å². The first-order valence-corrected chi connectivity index (χ1v) is 7.77. The van der Waals surface area contributed by atoms with Gasteiger partial charge < -0.3 is 9.47 Å². The van der Waals surface area contributed by atoms with Crippen LogP contribution in [0.25, 0.3) is 0 Å². The summed E-state index contributed by atoms with van der Waals surface area (Å²) in [6, 6.07) is 4.18. The summed E-state index contributed by atoms with van der Waals surface area (Å²) in [6.45, 7) is 2.71. The highest BCUT2D eigenvalue weighted by atomic mass is 32.2. The number of methoxy groups -OCH3 is 2. The highest BCUT2D eigenvalue weighted by Gasteiger charge is 2.38. The minimum Gasteiger partial charge on any atom is -0.493 e. The average molecular weight is 297 g/mol. The highest BCUT2D eigenvalue weighted by Crippen LogP contribution is 2.42. The molecule has 20 heavy (non-hydrogen) atoms. The van der Waals surface area contributed by atoms with Gasteiger partial charge in [0.15, 0.2) is 11.5 Å². The second kappa shape index (κ2) is 5.35. The number of rotatable bonds is 2. The Morgan fingerprint density at radius 3 is 2.70 bits per heavy atom. The second-order valence-corrected chi connectivity index (χ2v) is 6.27. The Bertz CT molecular complexity index is 548. The van der Waals surface area contributed by atoms with E-state index >= 15 is 0 Å². The molecular formula is C14H19NO4S. The fraction of sp³-hybridized carbons (Fsp3) is 0.571. The fourth-order valence-electron chi connectivity index (χ4n) is 2.98. The molecule has 3 atom stereocenters. The molecule has 0 spiro atoms. The molecule has 1 aromatic carbocycles. The van der Waals surface area contributed by atoms with Crippen LogP contribution in [0.1, 0.15) is 30.5 Å². The van der Waals surface area contributed by atoms with Crippen molar-refractivity contribution in [1.29, 1.82) is 0 Å². The minimum atomic E-state index is -1.35. The zero-order chi connectivity index (χ0) is 14.3. The molecule has 3 rings (SSSR count). The molecule has 0 radical (unpaired) electrons. The molecule has 1 aromatic rings. The van der Waals surface area contributed by atoms with E-state index in [1.54, 1.807) is 14.2 Å². The van der Waals surface area contributed by atoms with Crippen molar-refractivity contribution >= 4 is 11.3 Å². The molecule has 2 aliphatic rings. The number of hydrogen-bond donors (Lipinski definition) is 0. The summed E-state index contributed by atoms with van der Waals surface area (Å²) in [6.07, 6.45) is 1.68. The second-order valence-electron chi connectivity index (χ2n) is 5.17. The van der Waals surface area contributed by atoms with Crippen molar-refractivity contribution in [1.82, 2.24) is 4.31 Å². The van der Waals surface area contributed by atoms with Crippen molar-refractivity contribution in [2.24, 2.45) is 0 Å². The summed E-state index contributed by atoms with van der Waals surface area (Å²) in [7, 11) is 3.28. The van der Waals surface area contributed by atoms with Gasteiger partial charge in [-0.15, -0.1) is 0 Å². The summed E-state index contributed by atoms with van der Waals surface area (Å²) in [4.78, 5) is 0. The van der Waals surface area contributed by atoms with Gasteiger partial charge in [-0.3, -0.25) is 4.18 Å². The molecule has 0 N–H and O–H groups in total. The van der Waals surface area contributed by atoms with E-state index in [0.717, 1.165) is 30.9 Å². The van der Waals surface area contributed by atoms with Crippen molar-refractivity contribution in [2.45, 2.75) is 31.9 Å². The van der Waals surface area contributed by atoms with E-state index in [2.05, 4.69) is 0 Å². The van der Waals surface area contributed by atoms with Crippen molar-refractivity contribution < 1.29 is 17.9 Å². The van der Waals surface area contributed by atoms with Crippen LogP contribution in [0.15, 0.2) is 12.1 Å². The van der Waals surface area contributed by atoms with Gasteiger partial charge in [-0.05, 0) is 43.0 Å². The number of nitrogens with zero attached hydrogens (tertiary/aromatic N) is 1. The van der Waals surface area contributed by atoms with Gasteiger partial charge in [-0.2, -0.15) is 4.31 Å². The molecular weight excluding hydrogens is 278 g/mol. The van der Waals surface area contributed by atoms with Crippen LogP contribution >= 0.6 is 0 Å². The third-order valence-electron chi connectivity index (χ3n) is 3.95. The van der Waals surface area contributed by atoms with Crippen molar-refractivity contribution in [3.8, 4) is 11.5 Å². The van der Waals surface area contributed by atoms with E-state index in [-0.39, 0.29) is 12.1 Å². The van der Waals surface area contributed by atoms with Crippen LogP contribution in [0.2, 0.25) is 0 Å². The number of ether oxygens (including phenoxy) is 2. The van der Waals surface area contributed by atoms with Crippen LogP contribution in [-0.2, 0) is 21.9 Å². The van der Waals surface area contributed by atoms with Crippen LogP contribution < -0.4 is 9.47 Å². The van der Waals surface area contributed by atoms with E-state index in [0.29, 0.717) is 0 Å². The predicted molar refractivity (Wildman–Crippen MR) is 76.0 cm³/mol. The molecule has 0 aliphatic carbocycles. The molecule has 5 nitrogen and oxygen atoms in total. The van der Waals surface area contributed by atoms with Gasteiger partial charge in [0, 0.05) is 6.54 Å². The van der Waals surface area contributed by atoms with Gasteiger partial charge in [0.25, 0.3) is 0 Å². The van der Waals surface area contributed by atoms with Crippen molar-refractivity contribution in [3.63, 3.8) is 0 Å². The maximum atomic E-state index is 12.1. The Morgan fingerprint density at radius 1 is 1.30 bits per heavy atom. The fourth-order valence-corrected chi connectivity index (χ4v) is 4.10. The predicted octanol–water partition coefficient (Wildman–Crippen LogP) is 1.99. The van der Waals surface area contributed by atoms with E-state index in [4.69, 9.17) is 13.7 Å². The topological polar surface area (TPSA) is 48.0 Å². The zero-order valence-electron chi connectivity index (χ0n) is 11.9. The van der Waals surface area contributed by atoms with Gasteiger partial charge in [0.1, 0.15) is 0 Å². The van der Waals surface area contributed by atoms with Crippen LogP contribution in [0.5, 0.6) is 11.5 Å². The molecule has 1 saturated heterocycles. The van der Waals surface area contributed by atoms with Gasteiger partial charge in [0.2, 0.25) is 11.3 Å². The van der Waals surface area contributed by atoms with E-state index in [9.17, 15) is 4.21 Å². The lowest BCUT2D eigenvalue weighted by molar-refractivity contribution is 0.122. The summed E-state index contributed by atoms with van der Waals surface area (Å²) in [5.41, 5.74) is 2.42. The van der Waals surface area contributed by atoms with Crippen LogP contribution in [0, 0.1) is 0 Å². The lowest BCUT2D eigenvalue weighted by atomic mass is 9.90. The van der Waals surface area contributed by atoms with Gasteiger partial charge >= 0.3 is 0 Å². The number of hydrogen-bond acceptors (Lipinski definition) is 4. The van der Waals surface area contributed by atoms with E-state index < -0.39 is 11.3 Å². The Morgan fingerprint density at radius 2 is 2.00 bits per heavy atom.